The highest BCUT2D eigenvalue weighted by Crippen LogP contribution is 2.27. The number of nitrogens with zero attached hydrogens (tertiary/aromatic N) is 2. The molecule has 0 N–H and O–H groups in total. The molecule has 1 aliphatic rings. The van der Waals surface area contributed by atoms with Crippen molar-refractivity contribution in [3.05, 3.63) is 5.82 Å². The first-order valence-corrected chi connectivity index (χ1v) is 5.14. The molecule has 0 radical (unpaired) electrons. The van der Waals surface area contributed by atoms with Crippen molar-refractivity contribution in [1.29, 1.82) is 0 Å². The molecular formula is C8H11FN2OS. The molecule has 1 aliphatic carbocycles. The molecule has 0 bridgehead atoms. The van der Waals surface area contributed by atoms with Crippen molar-refractivity contribution in [3.8, 4) is 5.19 Å². The van der Waals surface area contributed by atoms with Gasteiger partial charge in [-0.25, -0.2) is 4.39 Å². The molecule has 2 rings (SSSR count). The molecule has 0 saturated heterocycles. The third-order valence-electron chi connectivity index (χ3n) is 2.13. The SMILES string of the molecule is Cc1nsc(O[C@@H]2CCC[C@H]2F)n1. The number of aromatic nitrogens is 2. The monoisotopic (exact) mass is 202 g/mol. The molecule has 2 atom stereocenters. The molecule has 1 heterocycles. The lowest BCUT2D eigenvalue weighted by molar-refractivity contribution is 0.125. The molecule has 0 unspecified atom stereocenters. The van der Waals surface area contributed by atoms with Gasteiger partial charge in [-0.05, 0) is 26.2 Å². The van der Waals surface area contributed by atoms with Crippen molar-refractivity contribution in [1.82, 2.24) is 9.36 Å². The van der Waals surface area contributed by atoms with Crippen LogP contribution in [0.3, 0.4) is 0 Å². The predicted octanol–water partition coefficient (Wildman–Crippen LogP) is 2.12. The second kappa shape index (κ2) is 3.57. The van der Waals surface area contributed by atoms with E-state index >= 15 is 0 Å². The van der Waals surface area contributed by atoms with E-state index in [0.717, 1.165) is 12.8 Å². The lowest BCUT2D eigenvalue weighted by atomic mass is 10.3. The number of ether oxygens (including phenoxy) is 1. The third-order valence-corrected chi connectivity index (χ3v) is 2.83. The Bertz CT molecular complexity index is 291. The van der Waals surface area contributed by atoms with Gasteiger partial charge in [0.15, 0.2) is 0 Å². The van der Waals surface area contributed by atoms with Crippen LogP contribution in [0.4, 0.5) is 4.39 Å². The number of alkyl halides is 1. The van der Waals surface area contributed by atoms with Gasteiger partial charge in [0.1, 0.15) is 18.1 Å². The van der Waals surface area contributed by atoms with Crippen molar-refractivity contribution in [2.45, 2.75) is 38.5 Å². The normalized spacial score (nSPS) is 27.8. The van der Waals surface area contributed by atoms with E-state index in [9.17, 15) is 4.39 Å². The van der Waals surface area contributed by atoms with Crippen LogP contribution in [0, 0.1) is 6.92 Å². The van der Waals surface area contributed by atoms with E-state index in [2.05, 4.69) is 9.36 Å². The van der Waals surface area contributed by atoms with Crippen LogP contribution in [-0.2, 0) is 0 Å². The summed E-state index contributed by atoms with van der Waals surface area (Å²) in [7, 11) is 0. The molecule has 1 saturated carbocycles. The van der Waals surface area contributed by atoms with Gasteiger partial charge in [0.25, 0.3) is 5.19 Å². The Balaban J connectivity index is 1.97. The van der Waals surface area contributed by atoms with Gasteiger partial charge in [-0.15, -0.1) is 0 Å². The number of hydrogen-bond acceptors (Lipinski definition) is 4. The standard InChI is InChI=1S/C8H11FN2OS/c1-5-10-8(13-11-5)12-7-4-2-3-6(7)9/h6-7H,2-4H2,1H3/t6-,7-/m1/s1. The lowest BCUT2D eigenvalue weighted by Gasteiger charge is -2.11. The fourth-order valence-corrected chi connectivity index (χ4v) is 2.06. The van der Waals surface area contributed by atoms with Gasteiger partial charge < -0.3 is 4.74 Å². The lowest BCUT2D eigenvalue weighted by Crippen LogP contribution is -2.22. The molecule has 0 amide bonds. The molecule has 0 spiro atoms. The summed E-state index contributed by atoms with van der Waals surface area (Å²) in [6.07, 6.45) is 1.18. The van der Waals surface area contributed by atoms with Gasteiger partial charge in [0, 0.05) is 11.5 Å². The molecule has 0 aromatic carbocycles. The van der Waals surface area contributed by atoms with Crippen LogP contribution < -0.4 is 4.74 Å². The summed E-state index contributed by atoms with van der Waals surface area (Å²) in [5.74, 6) is 0.688. The second-order valence-electron chi connectivity index (χ2n) is 3.21. The number of aryl methyl sites for hydroxylation is 1. The summed E-state index contributed by atoms with van der Waals surface area (Å²) in [6.45, 7) is 1.80. The van der Waals surface area contributed by atoms with E-state index in [1.807, 2.05) is 0 Å². The number of hydrogen-bond donors (Lipinski definition) is 0. The van der Waals surface area contributed by atoms with E-state index < -0.39 is 6.17 Å². The van der Waals surface area contributed by atoms with E-state index in [4.69, 9.17) is 4.74 Å². The number of rotatable bonds is 2. The topological polar surface area (TPSA) is 35.0 Å². The third kappa shape index (κ3) is 1.96. The maximum atomic E-state index is 13.1. The smallest absolute Gasteiger partial charge is 0.293 e. The molecule has 3 nitrogen and oxygen atoms in total. The van der Waals surface area contributed by atoms with Crippen molar-refractivity contribution in [2.75, 3.05) is 0 Å². The van der Waals surface area contributed by atoms with Crippen molar-refractivity contribution < 1.29 is 9.13 Å². The number of halogens is 1. The van der Waals surface area contributed by atoms with Gasteiger partial charge in [-0.2, -0.15) is 9.36 Å². The predicted molar refractivity (Wildman–Crippen MR) is 47.8 cm³/mol. The Labute approximate surface area is 80.1 Å². The highest BCUT2D eigenvalue weighted by Gasteiger charge is 2.29. The minimum absolute atomic E-state index is 0.299. The maximum absolute atomic E-state index is 13.1. The average Bonchev–Trinajstić information content (AvgIpc) is 2.64. The van der Waals surface area contributed by atoms with Crippen molar-refractivity contribution in [2.24, 2.45) is 0 Å². The largest absolute Gasteiger partial charge is 0.463 e. The molecule has 1 aromatic rings. The summed E-state index contributed by atoms with van der Waals surface area (Å²) < 4.78 is 22.5. The summed E-state index contributed by atoms with van der Waals surface area (Å²) >= 11 is 1.19. The van der Waals surface area contributed by atoms with Gasteiger partial charge in [-0.3, -0.25) is 0 Å². The zero-order valence-electron chi connectivity index (χ0n) is 7.36. The minimum atomic E-state index is -0.829. The summed E-state index contributed by atoms with van der Waals surface area (Å²) in [4.78, 5) is 4.03. The zero-order valence-corrected chi connectivity index (χ0v) is 8.18. The van der Waals surface area contributed by atoms with Crippen LogP contribution >= 0.6 is 11.5 Å². The molecule has 0 aliphatic heterocycles. The zero-order chi connectivity index (χ0) is 9.26. The molecule has 13 heavy (non-hydrogen) atoms. The Hall–Kier alpha value is -0.710. The van der Waals surface area contributed by atoms with Crippen LogP contribution in [-0.4, -0.2) is 21.6 Å². The average molecular weight is 202 g/mol. The molecule has 5 heteroatoms. The highest BCUT2D eigenvalue weighted by molar-refractivity contribution is 7.07. The van der Waals surface area contributed by atoms with Gasteiger partial charge in [-0.1, -0.05) is 0 Å². The Morgan fingerprint density at radius 3 is 2.92 bits per heavy atom. The van der Waals surface area contributed by atoms with Gasteiger partial charge in [0.2, 0.25) is 0 Å². The van der Waals surface area contributed by atoms with Crippen LogP contribution in [0.25, 0.3) is 0 Å². The van der Waals surface area contributed by atoms with E-state index in [1.54, 1.807) is 6.92 Å². The van der Waals surface area contributed by atoms with E-state index in [1.165, 1.54) is 11.5 Å². The maximum Gasteiger partial charge on any atom is 0.293 e. The summed E-state index contributed by atoms with van der Waals surface area (Å²) in [5.41, 5.74) is 0. The first-order chi connectivity index (χ1) is 6.25. The molecular weight excluding hydrogens is 191 g/mol. The first kappa shape index (κ1) is 8.87. The highest BCUT2D eigenvalue weighted by atomic mass is 32.1. The van der Waals surface area contributed by atoms with Crippen LogP contribution in [0.1, 0.15) is 25.1 Å². The molecule has 1 fully saturated rings. The first-order valence-electron chi connectivity index (χ1n) is 4.37. The molecule has 72 valence electrons. The molecule has 1 aromatic heterocycles. The van der Waals surface area contributed by atoms with Crippen molar-refractivity contribution >= 4 is 11.5 Å². The van der Waals surface area contributed by atoms with E-state index in [-0.39, 0.29) is 6.10 Å². The second-order valence-corrected chi connectivity index (χ2v) is 3.93. The van der Waals surface area contributed by atoms with Crippen LogP contribution in [0.2, 0.25) is 0 Å². The van der Waals surface area contributed by atoms with E-state index in [0.29, 0.717) is 17.4 Å². The summed E-state index contributed by atoms with van der Waals surface area (Å²) in [5, 5.41) is 0.493. The van der Waals surface area contributed by atoms with Gasteiger partial charge >= 0.3 is 0 Å². The van der Waals surface area contributed by atoms with Crippen LogP contribution in [0.15, 0.2) is 0 Å². The van der Waals surface area contributed by atoms with Crippen molar-refractivity contribution in [3.63, 3.8) is 0 Å². The quantitative estimate of drug-likeness (QED) is 0.736. The van der Waals surface area contributed by atoms with Gasteiger partial charge in [0.05, 0.1) is 0 Å². The summed E-state index contributed by atoms with van der Waals surface area (Å²) in [6, 6.07) is 0. The fraction of sp³-hybridized carbons (Fsp3) is 0.750. The minimum Gasteiger partial charge on any atom is -0.463 e. The Morgan fingerprint density at radius 2 is 2.38 bits per heavy atom. The Kier molecular flexibility index (Phi) is 2.44. The Morgan fingerprint density at radius 1 is 1.54 bits per heavy atom. The fourth-order valence-electron chi connectivity index (χ4n) is 1.47. The van der Waals surface area contributed by atoms with Crippen LogP contribution in [0.5, 0.6) is 5.19 Å².